The third kappa shape index (κ3) is 4.94. The van der Waals surface area contributed by atoms with E-state index in [4.69, 9.17) is 0 Å². The largest absolute Gasteiger partial charge is 0.362 e. The number of nitro benzene ring substituents is 1. The first kappa shape index (κ1) is 21.7. The van der Waals surface area contributed by atoms with E-state index in [1.165, 1.54) is 18.2 Å². The van der Waals surface area contributed by atoms with Crippen molar-refractivity contribution in [2.24, 2.45) is 0 Å². The number of piperazine rings is 1. The van der Waals surface area contributed by atoms with Crippen LogP contribution in [0.2, 0.25) is 0 Å². The number of nitro groups is 1. The Bertz CT molecular complexity index is 882. The first-order chi connectivity index (χ1) is 14.4. The highest BCUT2D eigenvalue weighted by Gasteiger charge is 2.27. The van der Waals surface area contributed by atoms with Gasteiger partial charge in [0.2, 0.25) is 5.91 Å². The first-order valence-corrected chi connectivity index (χ1v) is 10.2. The number of hydrogen-bond acceptors (Lipinski definition) is 5. The summed E-state index contributed by atoms with van der Waals surface area (Å²) in [6, 6.07) is 13.1. The van der Waals surface area contributed by atoms with Gasteiger partial charge in [0.1, 0.15) is 11.5 Å². The number of nitrogens with zero attached hydrogens (tertiary/aromatic N) is 4. The molecule has 1 aliphatic heterocycles. The van der Waals surface area contributed by atoms with E-state index in [2.05, 4.69) is 4.90 Å². The predicted molar refractivity (Wildman–Crippen MR) is 114 cm³/mol. The standard InChI is InChI=1S/C22H27FN4O3/c1-3-24(17(2)18-8-10-19(23)11-9-18)16-22(28)26-14-12-25(13-15-26)20-6-4-5-7-21(20)27(29)30/h4-11,17H,3,12-16H2,1-2H3. The Kier molecular flexibility index (Phi) is 6.99. The van der Waals surface area contributed by atoms with Crippen LogP contribution in [0.15, 0.2) is 48.5 Å². The highest BCUT2D eigenvalue weighted by Crippen LogP contribution is 2.28. The van der Waals surface area contributed by atoms with Gasteiger partial charge in [0, 0.05) is 38.3 Å². The molecule has 0 radical (unpaired) electrons. The number of likely N-dealkylation sites (N-methyl/N-ethyl adjacent to an activating group) is 1. The molecule has 1 aliphatic rings. The van der Waals surface area contributed by atoms with E-state index in [0.717, 1.165) is 5.56 Å². The maximum absolute atomic E-state index is 13.2. The zero-order valence-corrected chi connectivity index (χ0v) is 17.3. The van der Waals surface area contributed by atoms with Crippen molar-refractivity contribution in [2.45, 2.75) is 19.9 Å². The van der Waals surface area contributed by atoms with Gasteiger partial charge in [0.25, 0.3) is 5.69 Å². The molecule has 0 bridgehead atoms. The third-order valence-corrected chi connectivity index (χ3v) is 5.70. The number of carbonyl (C=O) groups is 1. The summed E-state index contributed by atoms with van der Waals surface area (Å²) in [5.74, 6) is -0.241. The van der Waals surface area contributed by atoms with E-state index in [-0.39, 0.29) is 34.9 Å². The van der Waals surface area contributed by atoms with Crippen LogP contribution in [0.4, 0.5) is 15.8 Å². The van der Waals surface area contributed by atoms with Crippen molar-refractivity contribution >= 4 is 17.3 Å². The fraction of sp³-hybridized carbons (Fsp3) is 0.409. The topological polar surface area (TPSA) is 69.9 Å². The third-order valence-electron chi connectivity index (χ3n) is 5.70. The van der Waals surface area contributed by atoms with Crippen LogP contribution in [0, 0.1) is 15.9 Å². The Balaban J connectivity index is 1.59. The Hall–Kier alpha value is -3.00. The van der Waals surface area contributed by atoms with E-state index >= 15 is 0 Å². The van der Waals surface area contributed by atoms with E-state index in [0.29, 0.717) is 38.4 Å². The molecule has 30 heavy (non-hydrogen) atoms. The van der Waals surface area contributed by atoms with Crippen molar-refractivity contribution in [2.75, 3.05) is 44.2 Å². The number of amides is 1. The average Bonchev–Trinajstić information content (AvgIpc) is 2.77. The molecule has 1 unspecified atom stereocenters. The van der Waals surface area contributed by atoms with Gasteiger partial charge in [-0.25, -0.2) is 4.39 Å². The van der Waals surface area contributed by atoms with Crippen LogP contribution in [0.1, 0.15) is 25.5 Å². The van der Waals surface area contributed by atoms with E-state index in [1.54, 1.807) is 30.3 Å². The lowest BCUT2D eigenvalue weighted by molar-refractivity contribution is -0.384. The minimum Gasteiger partial charge on any atom is -0.362 e. The summed E-state index contributed by atoms with van der Waals surface area (Å²) in [5.41, 5.74) is 1.64. The van der Waals surface area contributed by atoms with Gasteiger partial charge in [0.15, 0.2) is 0 Å². The molecular formula is C22H27FN4O3. The van der Waals surface area contributed by atoms with Crippen LogP contribution in [0.3, 0.4) is 0 Å². The number of halogens is 1. The molecule has 0 aromatic heterocycles. The summed E-state index contributed by atoms with van der Waals surface area (Å²) in [5, 5.41) is 11.3. The quantitative estimate of drug-likeness (QED) is 0.513. The van der Waals surface area contributed by atoms with Gasteiger partial charge in [-0.15, -0.1) is 0 Å². The SMILES string of the molecule is CCN(CC(=O)N1CCN(c2ccccc2[N+](=O)[O-])CC1)C(C)c1ccc(F)cc1. The number of hydrogen-bond donors (Lipinski definition) is 0. The maximum atomic E-state index is 13.2. The van der Waals surface area contributed by atoms with Crippen LogP contribution in [-0.4, -0.2) is 59.9 Å². The molecular weight excluding hydrogens is 387 g/mol. The van der Waals surface area contributed by atoms with Gasteiger partial charge < -0.3 is 9.80 Å². The second kappa shape index (κ2) is 9.67. The highest BCUT2D eigenvalue weighted by molar-refractivity contribution is 5.79. The van der Waals surface area contributed by atoms with Crippen molar-refractivity contribution < 1.29 is 14.1 Å². The minimum absolute atomic E-state index is 0.00666. The van der Waals surface area contributed by atoms with Crippen molar-refractivity contribution in [3.8, 4) is 0 Å². The minimum atomic E-state index is -0.372. The molecule has 2 aromatic carbocycles. The zero-order chi connectivity index (χ0) is 21.7. The van der Waals surface area contributed by atoms with Gasteiger partial charge in [-0.1, -0.05) is 31.2 Å². The molecule has 8 heteroatoms. The molecule has 1 amide bonds. The fourth-order valence-corrected chi connectivity index (χ4v) is 3.83. The summed E-state index contributed by atoms with van der Waals surface area (Å²) < 4.78 is 13.2. The number of anilines is 1. The van der Waals surface area contributed by atoms with Crippen LogP contribution >= 0.6 is 0 Å². The Labute approximate surface area is 175 Å². The molecule has 0 saturated carbocycles. The number of para-hydroxylation sites is 2. The van der Waals surface area contributed by atoms with Crippen LogP contribution < -0.4 is 4.90 Å². The summed E-state index contributed by atoms with van der Waals surface area (Å²) in [6.45, 7) is 7.13. The van der Waals surface area contributed by atoms with Crippen molar-refractivity contribution in [1.82, 2.24) is 9.80 Å². The van der Waals surface area contributed by atoms with E-state index < -0.39 is 0 Å². The van der Waals surface area contributed by atoms with Gasteiger partial charge in [0.05, 0.1) is 11.5 Å². The normalized spacial score (nSPS) is 15.3. The summed E-state index contributed by atoms with van der Waals surface area (Å²) in [7, 11) is 0. The summed E-state index contributed by atoms with van der Waals surface area (Å²) in [4.78, 5) is 29.6. The first-order valence-electron chi connectivity index (χ1n) is 10.2. The lowest BCUT2D eigenvalue weighted by atomic mass is 10.1. The molecule has 1 saturated heterocycles. The Morgan fingerprint density at radius 1 is 1.13 bits per heavy atom. The molecule has 1 atom stereocenters. The lowest BCUT2D eigenvalue weighted by Crippen LogP contribution is -2.51. The van der Waals surface area contributed by atoms with Gasteiger partial charge in [-0.05, 0) is 37.2 Å². The smallest absolute Gasteiger partial charge is 0.292 e. The fourth-order valence-electron chi connectivity index (χ4n) is 3.83. The second-order valence-corrected chi connectivity index (χ2v) is 7.40. The van der Waals surface area contributed by atoms with Gasteiger partial charge in [-0.3, -0.25) is 19.8 Å². The Morgan fingerprint density at radius 2 is 1.77 bits per heavy atom. The summed E-state index contributed by atoms with van der Waals surface area (Å²) >= 11 is 0. The van der Waals surface area contributed by atoms with Crippen LogP contribution in [-0.2, 0) is 4.79 Å². The van der Waals surface area contributed by atoms with Gasteiger partial charge >= 0.3 is 0 Å². The Morgan fingerprint density at radius 3 is 2.37 bits per heavy atom. The van der Waals surface area contributed by atoms with Crippen LogP contribution in [0.5, 0.6) is 0 Å². The van der Waals surface area contributed by atoms with E-state index in [9.17, 15) is 19.3 Å². The molecule has 160 valence electrons. The predicted octanol–water partition coefficient (Wildman–Crippen LogP) is 3.47. The molecule has 0 aliphatic carbocycles. The number of rotatable bonds is 7. The number of carbonyl (C=O) groups excluding carboxylic acids is 1. The molecule has 7 nitrogen and oxygen atoms in total. The maximum Gasteiger partial charge on any atom is 0.292 e. The van der Waals surface area contributed by atoms with Crippen molar-refractivity contribution in [1.29, 1.82) is 0 Å². The molecule has 0 spiro atoms. The summed E-state index contributed by atoms with van der Waals surface area (Å²) in [6.07, 6.45) is 0. The second-order valence-electron chi connectivity index (χ2n) is 7.40. The molecule has 3 rings (SSSR count). The highest BCUT2D eigenvalue weighted by atomic mass is 19.1. The molecule has 0 N–H and O–H groups in total. The van der Waals surface area contributed by atoms with E-state index in [1.807, 2.05) is 23.6 Å². The monoisotopic (exact) mass is 414 g/mol. The van der Waals surface area contributed by atoms with Crippen molar-refractivity contribution in [3.63, 3.8) is 0 Å². The molecule has 2 aromatic rings. The van der Waals surface area contributed by atoms with Crippen molar-refractivity contribution in [3.05, 3.63) is 70.0 Å². The zero-order valence-electron chi connectivity index (χ0n) is 17.3. The number of benzene rings is 2. The average molecular weight is 414 g/mol. The lowest BCUT2D eigenvalue weighted by Gasteiger charge is -2.37. The van der Waals surface area contributed by atoms with Gasteiger partial charge in [-0.2, -0.15) is 0 Å². The molecule has 1 heterocycles. The molecule has 1 fully saturated rings. The van der Waals surface area contributed by atoms with Crippen LogP contribution in [0.25, 0.3) is 0 Å².